The Morgan fingerprint density at radius 2 is 0.939 bits per heavy atom. The van der Waals surface area contributed by atoms with Gasteiger partial charge in [0.25, 0.3) is 5.12 Å². The number of hydrogen-bond donors (Lipinski definition) is 0. The minimum Gasteiger partial charge on any atom is -0.373 e. The van der Waals surface area contributed by atoms with E-state index in [1.807, 2.05) is 0 Å². The molecule has 0 aliphatic rings. The van der Waals surface area contributed by atoms with Gasteiger partial charge in [0.1, 0.15) is 6.23 Å². The first-order chi connectivity index (χ1) is 23.9. The summed E-state index contributed by atoms with van der Waals surface area (Å²) in [7, 11) is -3.02. The Labute approximate surface area is 311 Å². The first-order valence-electron chi connectivity index (χ1n) is 21.3. The van der Waals surface area contributed by atoms with Crippen LogP contribution in [0.25, 0.3) is 0 Å². The number of hydrogen-bond acceptors (Lipinski definition) is 7. The summed E-state index contributed by atoms with van der Waals surface area (Å²) in [6.07, 6.45) is 30.6. The molecular weight excluding hydrogens is 647 g/mol. The van der Waals surface area contributed by atoms with E-state index in [1.165, 1.54) is 134 Å². The fraction of sp³-hybridized carbons (Fsp3) is 0.951. The van der Waals surface area contributed by atoms with Crippen LogP contribution in [-0.2, 0) is 22.9 Å². The van der Waals surface area contributed by atoms with Gasteiger partial charge in [-0.05, 0) is 45.7 Å². The average molecular weight is 730 g/mol. The quantitative estimate of drug-likeness (QED) is 0.0270. The summed E-state index contributed by atoms with van der Waals surface area (Å²) in [5.74, 6) is 0.380. The van der Waals surface area contributed by atoms with Gasteiger partial charge in [-0.3, -0.25) is 14.5 Å². The molecule has 0 amide bonds. The zero-order valence-electron chi connectivity index (χ0n) is 33.6. The van der Waals surface area contributed by atoms with Crippen LogP contribution in [0, 0.1) is 0 Å². The van der Waals surface area contributed by atoms with Crippen molar-refractivity contribution < 1.29 is 22.9 Å². The van der Waals surface area contributed by atoms with Crippen molar-refractivity contribution in [3.8, 4) is 0 Å². The Morgan fingerprint density at radius 3 is 1.35 bits per heavy atom. The van der Waals surface area contributed by atoms with Crippen LogP contribution in [0.2, 0.25) is 6.04 Å². The molecule has 49 heavy (non-hydrogen) atoms. The van der Waals surface area contributed by atoms with Crippen LogP contribution in [0.1, 0.15) is 208 Å². The fourth-order valence-corrected chi connectivity index (χ4v) is 10.2. The molecule has 0 saturated carbocycles. The van der Waals surface area contributed by atoms with Gasteiger partial charge >= 0.3 is 8.80 Å². The van der Waals surface area contributed by atoms with Gasteiger partial charge in [-0.2, -0.15) is 0 Å². The van der Waals surface area contributed by atoms with E-state index in [1.54, 1.807) is 0 Å². The van der Waals surface area contributed by atoms with Crippen LogP contribution in [0.3, 0.4) is 0 Å². The number of carbonyl (C=O) groups is 2. The van der Waals surface area contributed by atoms with E-state index >= 15 is 0 Å². The highest BCUT2D eigenvalue weighted by Crippen LogP contribution is 2.25. The lowest BCUT2D eigenvalue weighted by atomic mass is 10.1. The van der Waals surface area contributed by atoms with Crippen LogP contribution in [0.15, 0.2) is 0 Å². The third-order valence-corrected chi connectivity index (χ3v) is 13.6. The molecule has 292 valence electrons. The Hall–Kier alpha value is -0.253. The highest BCUT2D eigenvalue weighted by atomic mass is 32.2. The van der Waals surface area contributed by atoms with Crippen molar-refractivity contribution in [1.82, 2.24) is 4.90 Å². The maximum atomic E-state index is 12.7. The molecular formula is C41H83NO5SSi. The van der Waals surface area contributed by atoms with Crippen molar-refractivity contribution in [2.24, 2.45) is 0 Å². The molecule has 1 unspecified atom stereocenters. The van der Waals surface area contributed by atoms with E-state index in [9.17, 15) is 9.59 Å². The van der Waals surface area contributed by atoms with E-state index in [2.05, 4.69) is 46.4 Å². The van der Waals surface area contributed by atoms with Crippen LogP contribution in [0.5, 0.6) is 0 Å². The molecule has 0 aromatic heterocycles. The maximum Gasteiger partial charge on any atom is 0.502 e. The van der Waals surface area contributed by atoms with Gasteiger partial charge in [-0.25, -0.2) is 0 Å². The summed E-state index contributed by atoms with van der Waals surface area (Å²) in [5.41, 5.74) is 0. The Morgan fingerprint density at radius 1 is 0.551 bits per heavy atom. The number of carbonyl (C=O) groups excluding carboxylic acids is 2. The van der Waals surface area contributed by atoms with Crippen LogP contribution >= 0.6 is 11.8 Å². The maximum absolute atomic E-state index is 12.7. The summed E-state index contributed by atoms with van der Waals surface area (Å²) in [5, 5.41) is -0.285. The summed E-state index contributed by atoms with van der Waals surface area (Å²) in [6, 6.07) is 0.680. The zero-order chi connectivity index (χ0) is 36.3. The first-order valence-corrected chi connectivity index (χ1v) is 24.2. The lowest BCUT2D eigenvalue weighted by Crippen LogP contribution is -2.52. The van der Waals surface area contributed by atoms with E-state index in [0.717, 1.165) is 51.6 Å². The van der Waals surface area contributed by atoms with Crippen molar-refractivity contribution in [3.63, 3.8) is 0 Å². The average Bonchev–Trinajstić information content (AvgIpc) is 3.10. The largest absolute Gasteiger partial charge is 0.502 e. The third-order valence-electron chi connectivity index (χ3n) is 9.66. The van der Waals surface area contributed by atoms with Crippen LogP contribution < -0.4 is 0 Å². The molecule has 0 bridgehead atoms. The Bertz CT molecular complexity index is 717. The van der Waals surface area contributed by atoms with E-state index < -0.39 is 8.80 Å². The number of nitrogens with zero attached hydrogens (tertiary/aromatic N) is 1. The fourth-order valence-electron chi connectivity index (χ4n) is 6.37. The number of rotatable bonds is 39. The van der Waals surface area contributed by atoms with Gasteiger partial charge in [0.2, 0.25) is 5.78 Å². The molecule has 6 nitrogen and oxygen atoms in total. The van der Waals surface area contributed by atoms with Gasteiger partial charge in [0.15, 0.2) is 0 Å². The van der Waals surface area contributed by atoms with Crippen molar-refractivity contribution >= 4 is 31.5 Å². The standard InChI is InChI=1S/C41H83NO5SSi/c1-7-12-15-18-21-24-27-30-34-40(43)41(44)48-37-33-38-49(47-39(6)42(10-4)11-5,45-35-31-28-25-22-19-16-13-8-2)46-36-32-29-26-23-20-17-14-9-3/h39H,7-38H2,1-6H3. The van der Waals surface area contributed by atoms with Gasteiger partial charge in [-0.15, -0.1) is 0 Å². The monoisotopic (exact) mass is 730 g/mol. The molecule has 1 atom stereocenters. The van der Waals surface area contributed by atoms with E-state index in [4.69, 9.17) is 13.3 Å². The molecule has 0 N–H and O–H groups in total. The molecule has 0 saturated heterocycles. The molecule has 0 fully saturated rings. The minimum absolute atomic E-state index is 0.0960. The molecule has 0 spiro atoms. The molecule has 0 radical (unpaired) electrons. The second-order valence-electron chi connectivity index (χ2n) is 14.2. The van der Waals surface area contributed by atoms with Crippen LogP contribution in [0.4, 0.5) is 0 Å². The molecule has 0 rings (SSSR count). The first kappa shape index (κ1) is 48.7. The number of unbranched alkanes of at least 4 members (excludes halogenated alkanes) is 21. The number of ketones is 1. The number of thioether (sulfide) groups is 1. The Kier molecular flexibility index (Phi) is 35.9. The van der Waals surface area contributed by atoms with Crippen molar-refractivity contribution in [3.05, 3.63) is 0 Å². The summed E-state index contributed by atoms with van der Waals surface area (Å²) in [4.78, 5) is 27.6. The van der Waals surface area contributed by atoms with Crippen molar-refractivity contribution in [1.29, 1.82) is 0 Å². The lowest BCUT2D eigenvalue weighted by molar-refractivity contribution is -0.131. The highest BCUT2D eigenvalue weighted by Gasteiger charge is 2.43. The molecule has 0 aliphatic carbocycles. The van der Waals surface area contributed by atoms with Crippen LogP contribution in [-0.4, -0.2) is 62.9 Å². The van der Waals surface area contributed by atoms with Crippen molar-refractivity contribution in [2.45, 2.75) is 221 Å². The molecule has 0 heterocycles. The molecule has 0 aromatic carbocycles. The smallest absolute Gasteiger partial charge is 0.373 e. The molecule has 8 heteroatoms. The SMILES string of the molecule is CCCCCCCCCCO[Si](CCCSC(=O)C(=O)CCCCCCCCCC)(OCCCCCCCCCC)OC(C)N(CC)CC. The molecule has 0 aliphatic heterocycles. The van der Waals surface area contributed by atoms with Gasteiger partial charge in [-0.1, -0.05) is 181 Å². The molecule has 0 aromatic rings. The van der Waals surface area contributed by atoms with E-state index in [0.29, 0.717) is 31.4 Å². The summed E-state index contributed by atoms with van der Waals surface area (Å²) >= 11 is 1.18. The normalized spacial score (nSPS) is 12.6. The zero-order valence-corrected chi connectivity index (χ0v) is 35.4. The van der Waals surface area contributed by atoms with E-state index in [-0.39, 0.29) is 17.1 Å². The number of Topliss-reactive ketones (excluding diaryl/α,β-unsaturated/α-hetero) is 1. The third kappa shape index (κ3) is 29.0. The second-order valence-corrected chi connectivity index (χ2v) is 17.9. The lowest BCUT2D eigenvalue weighted by Gasteiger charge is -2.36. The summed E-state index contributed by atoms with van der Waals surface area (Å²) < 4.78 is 20.3. The topological polar surface area (TPSA) is 65.1 Å². The second kappa shape index (κ2) is 36.1. The van der Waals surface area contributed by atoms with Gasteiger partial charge in [0, 0.05) is 31.4 Å². The highest BCUT2D eigenvalue weighted by molar-refractivity contribution is 8.15. The van der Waals surface area contributed by atoms with Gasteiger partial charge in [0.05, 0.1) is 0 Å². The predicted molar refractivity (Wildman–Crippen MR) is 215 cm³/mol. The van der Waals surface area contributed by atoms with Gasteiger partial charge < -0.3 is 13.3 Å². The minimum atomic E-state index is -3.02. The van der Waals surface area contributed by atoms with Crippen molar-refractivity contribution in [2.75, 3.05) is 32.1 Å². The summed E-state index contributed by atoms with van der Waals surface area (Å²) in [6.45, 7) is 16.4. The predicted octanol–water partition coefficient (Wildman–Crippen LogP) is 12.7. The Balaban J connectivity index is 5.12.